The second-order valence-electron chi connectivity index (χ2n) is 5.17. The van der Waals surface area contributed by atoms with Crippen molar-refractivity contribution >= 4 is 21.7 Å². The van der Waals surface area contributed by atoms with Gasteiger partial charge in [-0.3, -0.25) is 4.79 Å². The molecule has 0 amide bonds. The number of carbonyl (C=O) groups is 1. The fraction of sp³-hybridized carbons (Fsp3) is 0.235. The molecule has 0 unspecified atom stereocenters. The number of Topliss-reactive ketones (excluding diaryl/α,β-unsaturated/α-hetero) is 1. The van der Waals surface area contributed by atoms with Crippen molar-refractivity contribution in [3.8, 4) is 0 Å². The molecule has 3 rings (SSSR count). The molecule has 20 heavy (non-hydrogen) atoms. The van der Waals surface area contributed by atoms with Crippen molar-refractivity contribution in [2.75, 3.05) is 0 Å². The van der Waals surface area contributed by atoms with Gasteiger partial charge in [0.1, 0.15) is 5.82 Å². The second kappa shape index (κ2) is 5.49. The largest absolute Gasteiger partial charge is 0.294 e. The van der Waals surface area contributed by atoms with Gasteiger partial charge in [0.2, 0.25) is 0 Å². The molecule has 1 nitrogen and oxygen atoms in total. The van der Waals surface area contributed by atoms with Crippen LogP contribution in [0.2, 0.25) is 0 Å². The van der Waals surface area contributed by atoms with Crippen LogP contribution in [-0.2, 0) is 19.3 Å². The molecule has 1 aliphatic rings. The molecule has 0 aromatic heterocycles. The molecule has 0 spiro atoms. The van der Waals surface area contributed by atoms with Crippen LogP contribution >= 0.6 is 15.9 Å². The predicted molar refractivity (Wildman–Crippen MR) is 80.6 cm³/mol. The highest BCUT2D eigenvalue weighted by Crippen LogP contribution is 2.24. The standard InChI is InChI=1S/C17H14BrFO/c18-16-10-15(19)7-6-13(16)9-17(20)14-5-4-11-2-1-3-12(11)8-14/h4-8,10H,1-3,9H2. The Kier molecular flexibility index (Phi) is 3.70. The molecule has 0 saturated heterocycles. The Morgan fingerprint density at radius 1 is 1.10 bits per heavy atom. The second-order valence-corrected chi connectivity index (χ2v) is 6.03. The fourth-order valence-corrected chi connectivity index (χ4v) is 3.18. The van der Waals surface area contributed by atoms with E-state index >= 15 is 0 Å². The molecule has 0 atom stereocenters. The highest BCUT2D eigenvalue weighted by molar-refractivity contribution is 9.10. The number of aryl methyl sites for hydroxylation is 2. The summed E-state index contributed by atoms with van der Waals surface area (Å²) < 4.78 is 13.7. The molecule has 0 fully saturated rings. The first-order chi connectivity index (χ1) is 9.63. The maximum Gasteiger partial charge on any atom is 0.167 e. The van der Waals surface area contributed by atoms with Crippen molar-refractivity contribution in [2.24, 2.45) is 0 Å². The van der Waals surface area contributed by atoms with Gasteiger partial charge in [-0.1, -0.05) is 34.1 Å². The van der Waals surface area contributed by atoms with E-state index < -0.39 is 0 Å². The highest BCUT2D eigenvalue weighted by Gasteiger charge is 2.15. The minimum Gasteiger partial charge on any atom is -0.294 e. The number of fused-ring (bicyclic) bond motifs is 1. The summed E-state index contributed by atoms with van der Waals surface area (Å²) in [6.07, 6.45) is 3.65. The maximum absolute atomic E-state index is 13.0. The van der Waals surface area contributed by atoms with Crippen LogP contribution in [-0.4, -0.2) is 5.78 Å². The first-order valence-electron chi connectivity index (χ1n) is 6.72. The third kappa shape index (κ3) is 2.68. The van der Waals surface area contributed by atoms with E-state index in [-0.39, 0.29) is 11.6 Å². The lowest BCUT2D eigenvalue weighted by Crippen LogP contribution is -2.05. The minimum atomic E-state index is -0.300. The molecule has 2 aromatic rings. The van der Waals surface area contributed by atoms with Crippen LogP contribution in [0.5, 0.6) is 0 Å². The zero-order chi connectivity index (χ0) is 14.1. The van der Waals surface area contributed by atoms with Gasteiger partial charge in [0.15, 0.2) is 5.78 Å². The fourth-order valence-electron chi connectivity index (χ4n) is 2.69. The van der Waals surface area contributed by atoms with Gasteiger partial charge < -0.3 is 0 Å². The Morgan fingerprint density at radius 3 is 2.70 bits per heavy atom. The molecule has 0 aliphatic heterocycles. The van der Waals surface area contributed by atoms with Gasteiger partial charge in [-0.2, -0.15) is 0 Å². The predicted octanol–water partition coefficient (Wildman–Crippen LogP) is 4.50. The lowest BCUT2D eigenvalue weighted by Gasteiger charge is -2.06. The summed E-state index contributed by atoms with van der Waals surface area (Å²) in [7, 11) is 0. The summed E-state index contributed by atoms with van der Waals surface area (Å²) in [6, 6.07) is 10.4. The number of ketones is 1. The summed E-state index contributed by atoms with van der Waals surface area (Å²) in [5, 5.41) is 0. The summed E-state index contributed by atoms with van der Waals surface area (Å²) in [5.41, 5.74) is 4.23. The third-order valence-electron chi connectivity index (χ3n) is 3.79. The average Bonchev–Trinajstić information content (AvgIpc) is 2.89. The van der Waals surface area contributed by atoms with Gasteiger partial charge in [0.05, 0.1) is 0 Å². The zero-order valence-electron chi connectivity index (χ0n) is 11.0. The van der Waals surface area contributed by atoms with Gasteiger partial charge in [0.25, 0.3) is 0 Å². The normalized spacial score (nSPS) is 13.3. The molecule has 0 heterocycles. The molecule has 102 valence electrons. The number of carbonyl (C=O) groups excluding carboxylic acids is 1. The Labute approximate surface area is 126 Å². The Morgan fingerprint density at radius 2 is 1.90 bits per heavy atom. The number of halogens is 2. The Hall–Kier alpha value is -1.48. The summed E-state index contributed by atoms with van der Waals surface area (Å²) in [4.78, 5) is 12.3. The number of hydrogen-bond acceptors (Lipinski definition) is 1. The van der Waals surface area contributed by atoms with E-state index in [1.807, 2.05) is 12.1 Å². The van der Waals surface area contributed by atoms with E-state index in [4.69, 9.17) is 0 Å². The molecule has 0 radical (unpaired) electrons. The number of benzene rings is 2. The number of hydrogen-bond donors (Lipinski definition) is 0. The van der Waals surface area contributed by atoms with E-state index in [1.54, 1.807) is 6.07 Å². The lowest BCUT2D eigenvalue weighted by molar-refractivity contribution is 0.0992. The van der Waals surface area contributed by atoms with E-state index in [0.717, 1.165) is 24.0 Å². The van der Waals surface area contributed by atoms with Crippen LogP contribution in [0.4, 0.5) is 4.39 Å². The maximum atomic E-state index is 13.0. The van der Waals surface area contributed by atoms with Gasteiger partial charge in [0, 0.05) is 16.5 Å². The summed E-state index contributed by atoms with van der Waals surface area (Å²) in [6.45, 7) is 0. The van der Waals surface area contributed by atoms with Gasteiger partial charge in [-0.05, 0) is 54.2 Å². The minimum absolute atomic E-state index is 0.0759. The first-order valence-corrected chi connectivity index (χ1v) is 7.52. The quantitative estimate of drug-likeness (QED) is 0.756. The average molecular weight is 333 g/mol. The highest BCUT2D eigenvalue weighted by atomic mass is 79.9. The summed E-state index contributed by atoms with van der Waals surface area (Å²) >= 11 is 3.31. The van der Waals surface area contributed by atoms with E-state index in [2.05, 4.69) is 22.0 Å². The molecular formula is C17H14BrFO. The third-order valence-corrected chi connectivity index (χ3v) is 4.52. The van der Waals surface area contributed by atoms with Crippen LogP contribution in [0, 0.1) is 5.82 Å². The summed E-state index contributed by atoms with van der Waals surface area (Å²) in [5.74, 6) is -0.224. The van der Waals surface area contributed by atoms with Gasteiger partial charge >= 0.3 is 0 Å². The Balaban J connectivity index is 1.82. The van der Waals surface area contributed by atoms with Crippen molar-refractivity contribution in [1.82, 2.24) is 0 Å². The monoisotopic (exact) mass is 332 g/mol. The Bertz CT molecular complexity index is 679. The topological polar surface area (TPSA) is 17.1 Å². The van der Waals surface area contributed by atoms with Crippen LogP contribution < -0.4 is 0 Å². The van der Waals surface area contributed by atoms with E-state index in [0.29, 0.717) is 10.9 Å². The smallest absolute Gasteiger partial charge is 0.167 e. The molecule has 1 aliphatic carbocycles. The lowest BCUT2D eigenvalue weighted by atomic mass is 9.99. The van der Waals surface area contributed by atoms with Crippen molar-refractivity contribution in [2.45, 2.75) is 25.7 Å². The zero-order valence-corrected chi connectivity index (χ0v) is 12.5. The van der Waals surface area contributed by atoms with Crippen molar-refractivity contribution in [1.29, 1.82) is 0 Å². The van der Waals surface area contributed by atoms with Crippen molar-refractivity contribution in [3.05, 3.63) is 68.9 Å². The molecular weight excluding hydrogens is 319 g/mol. The van der Waals surface area contributed by atoms with Crippen molar-refractivity contribution < 1.29 is 9.18 Å². The van der Waals surface area contributed by atoms with Crippen LogP contribution in [0.1, 0.15) is 33.5 Å². The number of rotatable bonds is 3. The van der Waals surface area contributed by atoms with Crippen molar-refractivity contribution in [3.63, 3.8) is 0 Å². The van der Waals surface area contributed by atoms with Crippen LogP contribution in [0.15, 0.2) is 40.9 Å². The van der Waals surface area contributed by atoms with Gasteiger partial charge in [-0.15, -0.1) is 0 Å². The SMILES string of the molecule is O=C(Cc1ccc(F)cc1Br)c1ccc2c(c1)CCC2. The first kappa shape index (κ1) is 13.5. The van der Waals surface area contributed by atoms with Crippen LogP contribution in [0.3, 0.4) is 0 Å². The molecule has 2 aromatic carbocycles. The molecule has 0 bridgehead atoms. The molecule has 0 N–H and O–H groups in total. The van der Waals surface area contributed by atoms with E-state index in [1.165, 1.54) is 29.7 Å². The molecule has 3 heteroatoms. The molecule has 0 saturated carbocycles. The van der Waals surface area contributed by atoms with Gasteiger partial charge in [-0.25, -0.2) is 4.39 Å². The van der Waals surface area contributed by atoms with Crippen LogP contribution in [0.25, 0.3) is 0 Å². The van der Waals surface area contributed by atoms with E-state index in [9.17, 15) is 9.18 Å².